The number of nitro benzene ring substituents is 1. The normalized spacial score (nSPS) is 11.3. The van der Waals surface area contributed by atoms with Crippen LogP contribution in [0.5, 0.6) is 11.5 Å². The van der Waals surface area contributed by atoms with Gasteiger partial charge in [-0.05, 0) is 18.2 Å². The summed E-state index contributed by atoms with van der Waals surface area (Å²) in [5, 5.41) is 10.0. The van der Waals surface area contributed by atoms with Crippen molar-refractivity contribution in [1.29, 1.82) is 0 Å². The van der Waals surface area contributed by atoms with Gasteiger partial charge in [0.05, 0.1) is 30.6 Å². The molecule has 0 aromatic heterocycles. The predicted molar refractivity (Wildman–Crippen MR) is 112 cm³/mol. The molecule has 0 bridgehead atoms. The van der Waals surface area contributed by atoms with Crippen LogP contribution in [0.2, 0.25) is 15.1 Å². The van der Waals surface area contributed by atoms with E-state index in [1.807, 2.05) is 0 Å². The summed E-state index contributed by atoms with van der Waals surface area (Å²) in [6.45, 7) is 0. The zero-order chi connectivity index (χ0) is 23.8. The van der Waals surface area contributed by atoms with Crippen LogP contribution in [-0.4, -0.2) is 13.3 Å². The van der Waals surface area contributed by atoms with E-state index in [9.17, 15) is 31.7 Å². The molecule has 7 nitrogen and oxygen atoms in total. The molecule has 0 saturated heterocycles. The molecule has 1 N–H and O–H groups in total. The number of nitrogens with one attached hydrogen (secondary N) is 1. The van der Waals surface area contributed by atoms with E-state index in [-0.39, 0.29) is 38.3 Å². The van der Waals surface area contributed by atoms with Crippen molar-refractivity contribution in [2.24, 2.45) is 0 Å². The van der Waals surface area contributed by atoms with Crippen molar-refractivity contribution in [2.75, 3.05) is 4.72 Å². The number of hydrogen-bond acceptors (Lipinski definition) is 5. The summed E-state index contributed by atoms with van der Waals surface area (Å²) in [7, 11) is -4.53. The van der Waals surface area contributed by atoms with Gasteiger partial charge in [-0.3, -0.25) is 14.8 Å². The molecule has 3 rings (SSSR count). The van der Waals surface area contributed by atoms with E-state index < -0.39 is 43.0 Å². The molecule has 168 valence electrons. The summed E-state index contributed by atoms with van der Waals surface area (Å²) in [6, 6.07) is 5.65. The summed E-state index contributed by atoms with van der Waals surface area (Å²) in [5.41, 5.74) is -1.13. The fourth-order valence-corrected chi connectivity index (χ4v) is 4.41. The highest BCUT2D eigenvalue weighted by atomic mass is 35.5. The molecule has 0 radical (unpaired) electrons. The lowest BCUT2D eigenvalue weighted by molar-refractivity contribution is -0.384. The van der Waals surface area contributed by atoms with Gasteiger partial charge in [-0.1, -0.05) is 34.8 Å². The average Bonchev–Trinajstić information content (AvgIpc) is 2.69. The van der Waals surface area contributed by atoms with Gasteiger partial charge < -0.3 is 4.74 Å². The minimum absolute atomic E-state index is 0.0568. The summed E-state index contributed by atoms with van der Waals surface area (Å²) in [4.78, 5) is 9.58. The van der Waals surface area contributed by atoms with E-state index in [2.05, 4.69) is 0 Å². The summed E-state index contributed by atoms with van der Waals surface area (Å²) in [6.07, 6.45) is 0. The van der Waals surface area contributed by atoms with E-state index in [1.165, 1.54) is 6.07 Å². The molecule has 0 saturated carbocycles. The van der Waals surface area contributed by atoms with E-state index >= 15 is 0 Å². The minimum atomic E-state index is -4.53. The van der Waals surface area contributed by atoms with Gasteiger partial charge in [-0.25, -0.2) is 21.6 Å². The highest BCUT2D eigenvalue weighted by molar-refractivity contribution is 7.92. The molecular formula is C18H8Cl3F3N2O5S. The van der Waals surface area contributed by atoms with Crippen LogP contribution in [-0.2, 0) is 10.0 Å². The second-order valence-corrected chi connectivity index (χ2v) is 8.95. The Labute approximate surface area is 193 Å². The van der Waals surface area contributed by atoms with Gasteiger partial charge in [0.15, 0.2) is 17.4 Å². The number of ether oxygens (including phenoxy) is 1. The number of sulfonamides is 1. The second kappa shape index (κ2) is 9.02. The smallest absolute Gasteiger partial charge is 0.271 e. The van der Waals surface area contributed by atoms with Gasteiger partial charge in [0.25, 0.3) is 15.7 Å². The number of non-ortho nitro benzene ring substituents is 1. The molecule has 0 spiro atoms. The van der Waals surface area contributed by atoms with E-state index in [4.69, 9.17) is 39.5 Å². The van der Waals surface area contributed by atoms with Crippen LogP contribution in [0.15, 0.2) is 47.4 Å². The maximum atomic E-state index is 13.8. The van der Waals surface area contributed by atoms with Crippen molar-refractivity contribution in [3.05, 3.63) is 85.1 Å². The Hall–Kier alpha value is -2.73. The van der Waals surface area contributed by atoms with Crippen LogP contribution in [0.3, 0.4) is 0 Å². The molecule has 0 atom stereocenters. The fourth-order valence-electron chi connectivity index (χ4n) is 2.39. The number of nitro groups is 1. The van der Waals surface area contributed by atoms with Crippen molar-refractivity contribution in [3.63, 3.8) is 0 Å². The Morgan fingerprint density at radius 2 is 1.47 bits per heavy atom. The first-order chi connectivity index (χ1) is 14.9. The molecule has 14 heteroatoms. The van der Waals surface area contributed by atoms with E-state index in [0.717, 1.165) is 24.3 Å². The van der Waals surface area contributed by atoms with Crippen molar-refractivity contribution in [1.82, 2.24) is 0 Å². The Balaban J connectivity index is 1.93. The first-order valence-electron chi connectivity index (χ1n) is 8.17. The predicted octanol–water partition coefficient (Wildman–Crippen LogP) is 6.57. The topological polar surface area (TPSA) is 98.5 Å². The third-order valence-electron chi connectivity index (χ3n) is 3.87. The van der Waals surface area contributed by atoms with Crippen LogP contribution < -0.4 is 9.46 Å². The third-order valence-corrected chi connectivity index (χ3v) is 6.08. The first-order valence-corrected chi connectivity index (χ1v) is 10.8. The van der Waals surface area contributed by atoms with Gasteiger partial charge in [-0.15, -0.1) is 0 Å². The molecule has 0 fully saturated rings. The van der Waals surface area contributed by atoms with Gasteiger partial charge in [-0.2, -0.15) is 0 Å². The van der Waals surface area contributed by atoms with Crippen molar-refractivity contribution in [2.45, 2.75) is 4.90 Å². The quantitative estimate of drug-likeness (QED) is 0.222. The molecule has 0 amide bonds. The standard InChI is InChI=1S/C18H8Cl3F3N2O5S/c19-10-3-8(26(27)28)1-2-17(10)31-18-11(20)4-9(5-12(18)21)32(29,30)25-16-7-14(23)13(22)6-15(16)24/h1-7,25H. The molecular weight excluding hydrogens is 520 g/mol. The lowest BCUT2D eigenvalue weighted by atomic mass is 10.3. The van der Waals surface area contributed by atoms with E-state index in [1.54, 1.807) is 4.72 Å². The van der Waals surface area contributed by atoms with Crippen LogP contribution >= 0.6 is 34.8 Å². The number of halogens is 6. The molecule has 3 aromatic carbocycles. The van der Waals surface area contributed by atoms with Crippen LogP contribution in [0, 0.1) is 27.6 Å². The molecule has 0 aliphatic heterocycles. The molecule has 3 aromatic rings. The molecule has 0 aliphatic carbocycles. The van der Waals surface area contributed by atoms with Gasteiger partial charge in [0.2, 0.25) is 0 Å². The van der Waals surface area contributed by atoms with Gasteiger partial charge in [0, 0.05) is 24.3 Å². The average molecular weight is 528 g/mol. The Morgan fingerprint density at radius 1 is 0.875 bits per heavy atom. The Kier molecular flexibility index (Phi) is 6.75. The van der Waals surface area contributed by atoms with Gasteiger partial charge >= 0.3 is 0 Å². The molecule has 0 aliphatic rings. The third kappa shape index (κ3) is 5.01. The zero-order valence-electron chi connectivity index (χ0n) is 15.2. The maximum Gasteiger partial charge on any atom is 0.271 e. The van der Waals surface area contributed by atoms with Crippen molar-refractivity contribution < 1.29 is 31.2 Å². The highest BCUT2D eigenvalue weighted by Crippen LogP contribution is 2.41. The van der Waals surface area contributed by atoms with Gasteiger partial charge in [0.1, 0.15) is 11.6 Å². The second-order valence-electron chi connectivity index (χ2n) is 6.04. The minimum Gasteiger partial charge on any atom is -0.453 e. The molecule has 32 heavy (non-hydrogen) atoms. The van der Waals surface area contributed by atoms with Crippen LogP contribution in [0.4, 0.5) is 24.5 Å². The SMILES string of the molecule is O=[N+]([O-])c1ccc(Oc2c(Cl)cc(S(=O)(=O)Nc3cc(F)c(F)cc3F)cc2Cl)c(Cl)c1. The van der Waals surface area contributed by atoms with Crippen molar-refractivity contribution >= 4 is 56.2 Å². The van der Waals surface area contributed by atoms with Crippen LogP contribution in [0.25, 0.3) is 0 Å². The first kappa shape index (κ1) is 23.9. The number of rotatable bonds is 6. The Bertz CT molecular complexity index is 1330. The largest absolute Gasteiger partial charge is 0.453 e. The maximum absolute atomic E-state index is 13.8. The lowest BCUT2D eigenvalue weighted by Crippen LogP contribution is -2.14. The lowest BCUT2D eigenvalue weighted by Gasteiger charge is -2.14. The number of hydrogen-bond donors (Lipinski definition) is 1. The molecule has 0 unspecified atom stereocenters. The Morgan fingerprint density at radius 3 is 2.03 bits per heavy atom. The monoisotopic (exact) mass is 526 g/mol. The number of nitrogens with zero attached hydrogens (tertiary/aromatic N) is 1. The summed E-state index contributed by atoms with van der Waals surface area (Å²) < 4.78 is 72.5. The fraction of sp³-hybridized carbons (Fsp3) is 0. The zero-order valence-corrected chi connectivity index (χ0v) is 18.3. The summed E-state index contributed by atoms with van der Waals surface area (Å²) >= 11 is 18.1. The number of benzene rings is 3. The summed E-state index contributed by atoms with van der Waals surface area (Å²) in [5.74, 6) is -4.59. The highest BCUT2D eigenvalue weighted by Gasteiger charge is 2.23. The van der Waals surface area contributed by atoms with Crippen molar-refractivity contribution in [3.8, 4) is 11.5 Å². The van der Waals surface area contributed by atoms with Crippen LogP contribution in [0.1, 0.15) is 0 Å². The number of anilines is 1. The molecule has 0 heterocycles. The van der Waals surface area contributed by atoms with E-state index in [0.29, 0.717) is 6.07 Å².